The predicted octanol–water partition coefficient (Wildman–Crippen LogP) is -0.463. The van der Waals surface area contributed by atoms with E-state index in [9.17, 15) is 14.2 Å². The molecule has 0 aromatic heterocycles. The second kappa shape index (κ2) is 3.63. The van der Waals surface area contributed by atoms with Crippen LogP contribution in [0.3, 0.4) is 0 Å². The topological polar surface area (TPSA) is 124 Å². The van der Waals surface area contributed by atoms with Gasteiger partial charge in [-0.1, -0.05) is 0 Å². The van der Waals surface area contributed by atoms with Crippen LogP contribution < -0.4 is 0 Å². The van der Waals surface area contributed by atoms with Crippen LogP contribution in [0.2, 0.25) is 0 Å². The molecule has 0 atom stereocenters. The van der Waals surface area contributed by atoms with E-state index < -0.39 is 24.9 Å². The normalized spacial score (nSPS) is 10.9. The summed E-state index contributed by atoms with van der Waals surface area (Å²) >= 11 is 0. The molecule has 0 radical (unpaired) electrons. The minimum atomic E-state index is -5.01. The highest BCUT2D eigenvalue weighted by Gasteiger charge is 2.27. The highest BCUT2D eigenvalue weighted by atomic mass is 31.2. The van der Waals surface area contributed by atoms with E-state index in [0.717, 1.165) is 6.92 Å². The van der Waals surface area contributed by atoms with E-state index in [4.69, 9.17) is 14.9 Å². The van der Waals surface area contributed by atoms with Crippen molar-refractivity contribution in [3.8, 4) is 0 Å². The lowest BCUT2D eigenvalue weighted by Crippen LogP contribution is -2.32. The van der Waals surface area contributed by atoms with Gasteiger partial charge in [0.1, 0.15) is 0 Å². The Bertz CT molecular complexity index is 229. The largest absolute Gasteiger partial charge is 0.491 e. The average Bonchev–Trinajstić information content (AvgIpc) is 1.79. The van der Waals surface area contributed by atoms with Gasteiger partial charge in [0.2, 0.25) is 0 Å². The quantitative estimate of drug-likeness (QED) is 0.405. The molecule has 70 valence electrons. The maximum Gasteiger partial charge on any atom is 0.491 e. The lowest BCUT2D eigenvalue weighted by molar-refractivity contribution is -0.150. The summed E-state index contributed by atoms with van der Waals surface area (Å²) in [6.07, 6.45) is -1.90. The number of carboxylic acid groups (broad SMARTS) is 1. The van der Waals surface area contributed by atoms with Gasteiger partial charge in [0.05, 0.1) is 0 Å². The molecule has 8 nitrogen and oxygen atoms in total. The summed E-state index contributed by atoms with van der Waals surface area (Å²) in [6, 6.07) is 0. The molecule has 2 amide bonds. The van der Waals surface area contributed by atoms with Gasteiger partial charge in [0.25, 0.3) is 5.91 Å². The first-order chi connectivity index (χ1) is 5.24. The van der Waals surface area contributed by atoms with Gasteiger partial charge in [0.15, 0.2) is 0 Å². The number of carbonyl (C=O) groups excluding carboxylic acids is 1. The molecule has 0 aliphatic heterocycles. The molecule has 9 heteroatoms. The maximum atomic E-state index is 10.3. The van der Waals surface area contributed by atoms with Crippen molar-refractivity contribution in [3.63, 3.8) is 0 Å². The van der Waals surface area contributed by atoms with E-state index in [-0.39, 0.29) is 0 Å². The number of hydroxylamine groups is 2. The lowest BCUT2D eigenvalue weighted by Gasteiger charge is -2.13. The summed E-state index contributed by atoms with van der Waals surface area (Å²) in [6.45, 7) is 0.782. The fourth-order valence-corrected chi connectivity index (χ4v) is 0.731. The van der Waals surface area contributed by atoms with Crippen LogP contribution in [0.4, 0.5) is 4.79 Å². The minimum Gasteiger partial charge on any atom is -0.463 e. The fraction of sp³-hybridized carbons (Fsp3) is 0.333. The predicted molar refractivity (Wildman–Crippen MR) is 33.7 cm³/mol. The van der Waals surface area contributed by atoms with Crippen LogP contribution in [0.1, 0.15) is 6.92 Å². The molecule has 12 heavy (non-hydrogen) atoms. The maximum absolute atomic E-state index is 10.3. The van der Waals surface area contributed by atoms with Crippen LogP contribution in [0.25, 0.3) is 0 Å². The molecule has 0 aliphatic carbocycles. The molecule has 0 fully saturated rings. The fourth-order valence-electron chi connectivity index (χ4n) is 0.333. The third-order valence-electron chi connectivity index (χ3n) is 0.648. The molecular weight excluding hydrogens is 193 g/mol. The number of hydrogen-bond donors (Lipinski definition) is 3. The van der Waals surface area contributed by atoms with Crippen LogP contribution in [0.5, 0.6) is 0 Å². The Morgan fingerprint density at radius 1 is 1.42 bits per heavy atom. The number of carbonyl (C=O) groups is 2. The third-order valence-corrected chi connectivity index (χ3v) is 1.02. The Morgan fingerprint density at radius 3 is 1.92 bits per heavy atom. The van der Waals surface area contributed by atoms with Crippen molar-refractivity contribution in [1.29, 1.82) is 0 Å². The highest BCUT2D eigenvalue weighted by molar-refractivity contribution is 7.46. The summed E-state index contributed by atoms with van der Waals surface area (Å²) in [5, 5.41) is 7.70. The minimum absolute atomic E-state index is 0.444. The molecule has 0 spiro atoms. The summed E-state index contributed by atoms with van der Waals surface area (Å²) in [5.74, 6) is -1.15. The zero-order valence-corrected chi connectivity index (χ0v) is 6.76. The Hall–Kier alpha value is -0.950. The van der Waals surface area contributed by atoms with Crippen molar-refractivity contribution in [2.45, 2.75) is 6.92 Å². The Labute approximate surface area is 66.6 Å². The number of hydrogen-bond acceptors (Lipinski definition) is 4. The second-order valence-corrected chi connectivity index (χ2v) is 2.81. The molecule has 0 heterocycles. The monoisotopic (exact) mass is 199 g/mol. The van der Waals surface area contributed by atoms with Gasteiger partial charge in [-0.15, -0.1) is 5.06 Å². The molecule has 0 aromatic carbocycles. The van der Waals surface area contributed by atoms with Crippen molar-refractivity contribution in [3.05, 3.63) is 0 Å². The molecular formula is C3H6NO7P. The number of amides is 2. The van der Waals surface area contributed by atoms with Crippen LogP contribution in [-0.2, 0) is 14.0 Å². The van der Waals surface area contributed by atoms with Crippen LogP contribution in [0.15, 0.2) is 0 Å². The van der Waals surface area contributed by atoms with Gasteiger partial charge in [-0.05, 0) is 0 Å². The first-order valence-corrected chi connectivity index (χ1v) is 4.06. The van der Waals surface area contributed by atoms with E-state index in [1.54, 1.807) is 0 Å². The van der Waals surface area contributed by atoms with Gasteiger partial charge in [-0.25, -0.2) is 9.36 Å². The molecule has 0 aliphatic rings. The Balaban J connectivity index is 4.46. The molecule has 0 aromatic rings. The second-order valence-electron chi connectivity index (χ2n) is 1.67. The zero-order chi connectivity index (χ0) is 9.94. The van der Waals surface area contributed by atoms with E-state index >= 15 is 0 Å². The van der Waals surface area contributed by atoms with Crippen LogP contribution >= 0.6 is 7.82 Å². The highest BCUT2D eigenvalue weighted by Crippen LogP contribution is 2.37. The number of rotatable bonds is 2. The first-order valence-electron chi connectivity index (χ1n) is 2.53. The molecule has 0 saturated heterocycles. The van der Waals surface area contributed by atoms with E-state index in [0.29, 0.717) is 0 Å². The Kier molecular flexibility index (Phi) is 3.35. The van der Waals surface area contributed by atoms with E-state index in [2.05, 4.69) is 4.62 Å². The van der Waals surface area contributed by atoms with Gasteiger partial charge in [-0.2, -0.15) is 4.62 Å². The summed E-state index contributed by atoms with van der Waals surface area (Å²) in [7, 11) is -5.01. The smallest absolute Gasteiger partial charge is 0.463 e. The van der Waals surface area contributed by atoms with E-state index in [1.165, 1.54) is 0 Å². The third kappa shape index (κ3) is 4.04. The van der Waals surface area contributed by atoms with Gasteiger partial charge in [-0.3, -0.25) is 4.79 Å². The molecule has 0 rings (SSSR count). The zero-order valence-electron chi connectivity index (χ0n) is 5.87. The van der Waals surface area contributed by atoms with Crippen molar-refractivity contribution in [2.24, 2.45) is 0 Å². The standard InChI is InChI=1S/C3H6NO7P/c1-2(5)4(3(6)7)11-12(8,9)10/h1H3,(H,6,7)(H2,8,9,10). The van der Waals surface area contributed by atoms with Crippen molar-refractivity contribution in [1.82, 2.24) is 5.06 Å². The first kappa shape index (κ1) is 11.1. The Morgan fingerprint density at radius 2 is 1.83 bits per heavy atom. The van der Waals surface area contributed by atoms with Crippen molar-refractivity contribution in [2.75, 3.05) is 0 Å². The molecule has 0 saturated carbocycles. The van der Waals surface area contributed by atoms with Gasteiger partial charge >= 0.3 is 13.9 Å². The summed E-state index contributed by atoms with van der Waals surface area (Å²) in [4.78, 5) is 36.6. The van der Waals surface area contributed by atoms with Gasteiger partial charge < -0.3 is 14.9 Å². The number of imide groups is 1. The lowest BCUT2D eigenvalue weighted by atomic mass is 10.7. The SMILES string of the molecule is CC(=O)N(OP(=O)(O)O)C(=O)O. The molecule has 0 unspecified atom stereocenters. The average molecular weight is 199 g/mol. The van der Waals surface area contributed by atoms with Crippen LogP contribution in [0, 0.1) is 0 Å². The van der Waals surface area contributed by atoms with Crippen molar-refractivity contribution >= 4 is 19.8 Å². The number of phosphoric acid groups is 1. The van der Waals surface area contributed by atoms with Gasteiger partial charge in [0, 0.05) is 6.92 Å². The van der Waals surface area contributed by atoms with E-state index in [1.807, 2.05) is 0 Å². The molecule has 3 N–H and O–H groups in total. The van der Waals surface area contributed by atoms with Crippen LogP contribution in [-0.4, -0.2) is 32.0 Å². The molecule has 0 bridgehead atoms. The number of nitrogens with zero attached hydrogens (tertiary/aromatic N) is 1. The summed E-state index contributed by atoms with van der Waals surface area (Å²) < 4.78 is 13.6. The van der Waals surface area contributed by atoms with Crippen molar-refractivity contribution < 1.29 is 33.7 Å². The summed E-state index contributed by atoms with van der Waals surface area (Å²) in [5.41, 5.74) is 0.